The van der Waals surface area contributed by atoms with E-state index in [0.717, 1.165) is 24.6 Å². The van der Waals surface area contributed by atoms with Crippen LogP contribution < -0.4 is 14.8 Å². The van der Waals surface area contributed by atoms with Crippen molar-refractivity contribution in [2.45, 2.75) is 19.6 Å². The maximum Gasteiger partial charge on any atom is 0.161 e. The Kier molecular flexibility index (Phi) is 3.71. The molecule has 0 radical (unpaired) electrons. The topological polar surface area (TPSA) is 30.5 Å². The fraction of sp³-hybridized carbons (Fsp3) is 0.333. The lowest BCUT2D eigenvalue weighted by molar-refractivity contribution is 0.0902. The van der Waals surface area contributed by atoms with Gasteiger partial charge in [-0.2, -0.15) is 0 Å². The molecule has 0 bridgehead atoms. The molecule has 1 N–H and O–H groups in total. The van der Waals surface area contributed by atoms with E-state index in [1.54, 1.807) is 11.3 Å². The van der Waals surface area contributed by atoms with Gasteiger partial charge in [-0.25, -0.2) is 0 Å². The third kappa shape index (κ3) is 2.91. The highest BCUT2D eigenvalue weighted by Gasteiger charge is 2.19. The monoisotopic (exact) mass is 275 g/mol. The molecule has 0 saturated carbocycles. The predicted molar refractivity (Wildman–Crippen MR) is 77.1 cm³/mol. The van der Waals surface area contributed by atoms with Gasteiger partial charge in [0.15, 0.2) is 11.5 Å². The summed E-state index contributed by atoms with van der Waals surface area (Å²) in [7, 11) is 0. The van der Waals surface area contributed by atoms with Crippen molar-refractivity contribution in [2.75, 3.05) is 13.2 Å². The molecule has 1 aliphatic rings. The van der Waals surface area contributed by atoms with Crippen LogP contribution in [0.2, 0.25) is 0 Å². The molecular formula is C15H17NO2S. The molecule has 0 aliphatic carbocycles. The molecule has 2 aromatic rings. The van der Waals surface area contributed by atoms with Crippen LogP contribution in [0.25, 0.3) is 0 Å². The minimum atomic E-state index is 0.0789. The molecule has 1 aliphatic heterocycles. The lowest BCUT2D eigenvalue weighted by Gasteiger charge is -2.26. The minimum absolute atomic E-state index is 0.0789. The summed E-state index contributed by atoms with van der Waals surface area (Å²) in [5.74, 6) is 1.68. The lowest BCUT2D eigenvalue weighted by Crippen LogP contribution is -2.38. The first-order valence-corrected chi connectivity index (χ1v) is 7.33. The van der Waals surface area contributed by atoms with E-state index in [0.29, 0.717) is 6.61 Å². The molecule has 1 aromatic carbocycles. The number of nitrogens with one attached hydrogen (secondary N) is 1. The van der Waals surface area contributed by atoms with Gasteiger partial charge in [-0.3, -0.25) is 0 Å². The Labute approximate surface area is 117 Å². The van der Waals surface area contributed by atoms with Crippen molar-refractivity contribution in [2.24, 2.45) is 0 Å². The first-order chi connectivity index (χ1) is 9.33. The smallest absolute Gasteiger partial charge is 0.161 e. The molecule has 0 fully saturated rings. The molecule has 4 heteroatoms. The van der Waals surface area contributed by atoms with E-state index in [9.17, 15) is 0 Å². The normalized spacial score (nSPS) is 17.4. The molecule has 0 amide bonds. The van der Waals surface area contributed by atoms with E-state index in [1.807, 2.05) is 24.3 Å². The summed E-state index contributed by atoms with van der Waals surface area (Å²) < 4.78 is 11.6. The van der Waals surface area contributed by atoms with Gasteiger partial charge in [0, 0.05) is 18.0 Å². The van der Waals surface area contributed by atoms with Gasteiger partial charge in [-0.1, -0.05) is 12.1 Å². The van der Waals surface area contributed by atoms with Gasteiger partial charge >= 0.3 is 0 Å². The average molecular weight is 275 g/mol. The van der Waals surface area contributed by atoms with Crippen molar-refractivity contribution in [3.05, 3.63) is 46.2 Å². The molecule has 1 atom stereocenters. The second-order valence-electron chi connectivity index (χ2n) is 4.66. The number of rotatable bonds is 4. The van der Waals surface area contributed by atoms with Crippen LogP contribution in [0.3, 0.4) is 0 Å². The Morgan fingerprint density at radius 1 is 1.26 bits per heavy atom. The molecule has 0 unspecified atom stereocenters. The fourth-order valence-corrected chi connectivity index (χ4v) is 2.97. The molecule has 2 heterocycles. The van der Waals surface area contributed by atoms with Crippen LogP contribution in [0, 0.1) is 6.92 Å². The van der Waals surface area contributed by atoms with Crippen LogP contribution in [0.5, 0.6) is 11.5 Å². The van der Waals surface area contributed by atoms with E-state index in [1.165, 1.54) is 10.4 Å². The van der Waals surface area contributed by atoms with Crippen molar-refractivity contribution in [3.8, 4) is 11.5 Å². The first kappa shape index (κ1) is 12.5. The van der Waals surface area contributed by atoms with Gasteiger partial charge in [0.25, 0.3) is 0 Å². The quantitative estimate of drug-likeness (QED) is 0.930. The Balaban J connectivity index is 1.51. The van der Waals surface area contributed by atoms with Gasteiger partial charge in [-0.05, 0) is 36.1 Å². The maximum atomic E-state index is 5.90. The number of hydrogen-bond donors (Lipinski definition) is 1. The molecule has 0 spiro atoms. The summed E-state index contributed by atoms with van der Waals surface area (Å²) in [4.78, 5) is 1.39. The zero-order valence-electron chi connectivity index (χ0n) is 10.9. The second-order valence-corrected chi connectivity index (χ2v) is 5.66. The highest BCUT2D eigenvalue weighted by atomic mass is 32.1. The molecular weight excluding hydrogens is 258 g/mol. The van der Waals surface area contributed by atoms with E-state index in [2.05, 4.69) is 23.7 Å². The van der Waals surface area contributed by atoms with Gasteiger partial charge in [-0.15, -0.1) is 11.3 Å². The largest absolute Gasteiger partial charge is 0.486 e. The minimum Gasteiger partial charge on any atom is -0.486 e. The van der Waals surface area contributed by atoms with Crippen LogP contribution in [0.1, 0.15) is 10.4 Å². The van der Waals surface area contributed by atoms with Crippen LogP contribution in [0.15, 0.2) is 35.7 Å². The first-order valence-electron chi connectivity index (χ1n) is 6.45. The van der Waals surface area contributed by atoms with Crippen molar-refractivity contribution >= 4 is 11.3 Å². The Morgan fingerprint density at radius 2 is 2.11 bits per heavy atom. The van der Waals surface area contributed by atoms with Gasteiger partial charge < -0.3 is 14.8 Å². The number of ether oxygens (including phenoxy) is 2. The van der Waals surface area contributed by atoms with Gasteiger partial charge in [0.2, 0.25) is 0 Å². The Morgan fingerprint density at radius 3 is 2.89 bits per heavy atom. The summed E-state index contributed by atoms with van der Waals surface area (Å²) in [6.07, 6.45) is 0.0789. The van der Waals surface area contributed by atoms with E-state index < -0.39 is 0 Å². The standard InChI is InChI=1S/C15H17NO2S/c1-11-6-7-19-15(11)9-16-8-12-10-17-13-4-2-3-5-14(13)18-12/h2-7,12,16H,8-10H2,1H3/t12-/m0/s1. The number of hydrogen-bond acceptors (Lipinski definition) is 4. The number of aryl methyl sites for hydroxylation is 1. The summed E-state index contributed by atoms with van der Waals surface area (Å²) in [5, 5.41) is 5.56. The van der Waals surface area contributed by atoms with Crippen molar-refractivity contribution in [1.82, 2.24) is 5.32 Å². The molecule has 1 aromatic heterocycles. The van der Waals surface area contributed by atoms with Gasteiger partial charge in [0.05, 0.1) is 0 Å². The highest BCUT2D eigenvalue weighted by molar-refractivity contribution is 7.10. The number of thiophene rings is 1. The molecule has 100 valence electrons. The SMILES string of the molecule is Cc1ccsc1CNC[C@H]1COc2ccccc2O1. The zero-order chi connectivity index (χ0) is 13.1. The molecule has 19 heavy (non-hydrogen) atoms. The molecule has 3 nitrogen and oxygen atoms in total. The van der Waals surface area contributed by atoms with Crippen molar-refractivity contribution < 1.29 is 9.47 Å². The fourth-order valence-electron chi connectivity index (χ4n) is 2.10. The zero-order valence-corrected chi connectivity index (χ0v) is 11.7. The summed E-state index contributed by atoms with van der Waals surface area (Å²) in [6.45, 7) is 4.44. The molecule has 0 saturated heterocycles. The highest BCUT2D eigenvalue weighted by Crippen LogP contribution is 2.30. The van der Waals surface area contributed by atoms with Gasteiger partial charge in [0.1, 0.15) is 12.7 Å². The Hall–Kier alpha value is -1.52. The van der Waals surface area contributed by atoms with E-state index in [4.69, 9.17) is 9.47 Å². The van der Waals surface area contributed by atoms with E-state index in [-0.39, 0.29) is 6.10 Å². The number of para-hydroxylation sites is 2. The maximum absolute atomic E-state index is 5.90. The van der Waals surface area contributed by atoms with Crippen LogP contribution in [0.4, 0.5) is 0 Å². The number of benzene rings is 1. The Bertz CT molecular complexity index is 553. The summed E-state index contributed by atoms with van der Waals surface area (Å²) in [5.41, 5.74) is 1.35. The molecule has 3 rings (SSSR count). The van der Waals surface area contributed by atoms with E-state index >= 15 is 0 Å². The lowest BCUT2D eigenvalue weighted by atomic mass is 10.2. The second kappa shape index (κ2) is 5.63. The van der Waals surface area contributed by atoms with Crippen molar-refractivity contribution in [1.29, 1.82) is 0 Å². The van der Waals surface area contributed by atoms with Crippen molar-refractivity contribution in [3.63, 3.8) is 0 Å². The predicted octanol–water partition coefficient (Wildman–Crippen LogP) is 2.99. The van der Waals surface area contributed by atoms with Crippen LogP contribution in [-0.2, 0) is 6.54 Å². The van der Waals surface area contributed by atoms with Crippen LogP contribution in [-0.4, -0.2) is 19.3 Å². The number of fused-ring (bicyclic) bond motifs is 1. The van der Waals surface area contributed by atoms with Crippen LogP contribution >= 0.6 is 11.3 Å². The third-order valence-corrected chi connectivity index (χ3v) is 4.22. The summed E-state index contributed by atoms with van der Waals surface area (Å²) in [6, 6.07) is 9.96. The third-order valence-electron chi connectivity index (χ3n) is 3.19. The summed E-state index contributed by atoms with van der Waals surface area (Å²) >= 11 is 1.79. The average Bonchev–Trinajstić information content (AvgIpc) is 2.84.